The van der Waals surface area contributed by atoms with Crippen LogP contribution >= 0.6 is 0 Å². The van der Waals surface area contributed by atoms with Crippen LogP contribution in [0.25, 0.3) is 10.9 Å². The van der Waals surface area contributed by atoms with Crippen LogP contribution in [0.1, 0.15) is 30.1 Å². The topological polar surface area (TPSA) is 102 Å². The van der Waals surface area contributed by atoms with Crippen molar-refractivity contribution in [2.45, 2.75) is 19.8 Å². The second kappa shape index (κ2) is 6.13. The van der Waals surface area contributed by atoms with E-state index in [1.54, 1.807) is 18.2 Å². The predicted molar refractivity (Wildman–Crippen MR) is 78.8 cm³/mol. The van der Waals surface area contributed by atoms with Gasteiger partial charge in [0.15, 0.2) is 0 Å². The number of anilines is 1. The predicted octanol–water partition coefficient (Wildman–Crippen LogP) is 1.64. The summed E-state index contributed by atoms with van der Waals surface area (Å²) in [5.41, 5.74) is 6.65. The summed E-state index contributed by atoms with van der Waals surface area (Å²) >= 11 is 0. The highest BCUT2D eigenvalue weighted by molar-refractivity contribution is 6.09. The molecule has 0 aliphatic carbocycles. The summed E-state index contributed by atoms with van der Waals surface area (Å²) in [6.45, 7) is 1.44. The molecule has 0 radical (unpaired) electrons. The highest BCUT2D eigenvalue weighted by Gasteiger charge is 2.11. The van der Waals surface area contributed by atoms with Crippen LogP contribution in [-0.4, -0.2) is 22.6 Å². The number of primary amides is 1. The number of nitrogens with two attached hydrogens (primary N) is 1. The van der Waals surface area contributed by atoms with Crippen LogP contribution in [0, 0.1) is 0 Å². The Morgan fingerprint density at radius 3 is 2.62 bits per heavy atom. The maximum atomic E-state index is 11.8. The number of aromatic nitrogens is 1. The molecule has 0 spiro atoms. The lowest BCUT2D eigenvalue weighted by atomic mass is 10.1. The molecule has 0 unspecified atom stereocenters. The van der Waals surface area contributed by atoms with Gasteiger partial charge in [0.2, 0.25) is 11.8 Å². The van der Waals surface area contributed by atoms with Gasteiger partial charge in [-0.2, -0.15) is 0 Å². The van der Waals surface area contributed by atoms with Crippen LogP contribution in [0.15, 0.2) is 30.5 Å². The van der Waals surface area contributed by atoms with Crippen LogP contribution in [0.4, 0.5) is 5.69 Å². The standard InChI is InChI=1S/C15H15N3O3/c1-9(19)5-6-13(20)18-12-4-2-3-10-11(15(16)21)7-8-17-14(10)12/h2-4,7-8H,5-6H2,1H3,(H2,16,21)(H,18,20). The highest BCUT2D eigenvalue weighted by Crippen LogP contribution is 2.24. The van der Waals surface area contributed by atoms with Gasteiger partial charge >= 0.3 is 0 Å². The maximum Gasteiger partial charge on any atom is 0.249 e. The number of pyridine rings is 1. The number of hydrogen-bond acceptors (Lipinski definition) is 4. The van der Waals surface area contributed by atoms with Gasteiger partial charge in [0.05, 0.1) is 16.8 Å². The van der Waals surface area contributed by atoms with E-state index in [-0.39, 0.29) is 24.5 Å². The Labute approximate surface area is 121 Å². The van der Waals surface area contributed by atoms with Crippen molar-refractivity contribution in [2.24, 2.45) is 5.73 Å². The quantitative estimate of drug-likeness (QED) is 0.871. The summed E-state index contributed by atoms with van der Waals surface area (Å²) in [5, 5.41) is 3.28. The van der Waals surface area contributed by atoms with Crippen molar-refractivity contribution < 1.29 is 14.4 Å². The third-order valence-corrected chi connectivity index (χ3v) is 3.01. The van der Waals surface area contributed by atoms with Crippen LogP contribution in [0.5, 0.6) is 0 Å². The molecule has 1 heterocycles. The van der Waals surface area contributed by atoms with Crippen LogP contribution in [-0.2, 0) is 9.59 Å². The van der Waals surface area contributed by atoms with E-state index in [1.165, 1.54) is 19.2 Å². The normalized spacial score (nSPS) is 10.3. The molecule has 1 aromatic carbocycles. The molecule has 2 amide bonds. The first-order chi connectivity index (χ1) is 9.99. The Bertz CT molecular complexity index is 725. The lowest BCUT2D eigenvalue weighted by Gasteiger charge is -2.09. The first-order valence-corrected chi connectivity index (χ1v) is 6.46. The molecule has 108 valence electrons. The highest BCUT2D eigenvalue weighted by atomic mass is 16.2. The Hall–Kier alpha value is -2.76. The second-order valence-electron chi connectivity index (χ2n) is 4.67. The summed E-state index contributed by atoms with van der Waals surface area (Å²) < 4.78 is 0. The molecular weight excluding hydrogens is 270 g/mol. The van der Waals surface area contributed by atoms with E-state index in [0.717, 1.165) is 0 Å². The molecule has 0 aliphatic rings. The Morgan fingerprint density at radius 2 is 1.95 bits per heavy atom. The number of carbonyl (C=O) groups excluding carboxylic acids is 3. The maximum absolute atomic E-state index is 11.8. The molecule has 1 aromatic heterocycles. The molecule has 6 heteroatoms. The largest absolute Gasteiger partial charge is 0.366 e. The number of rotatable bonds is 5. The number of hydrogen-bond donors (Lipinski definition) is 2. The number of Topliss-reactive ketones (excluding diaryl/α,β-unsaturated/α-hetero) is 1. The third kappa shape index (κ3) is 3.42. The Balaban J connectivity index is 2.33. The van der Waals surface area contributed by atoms with Crippen LogP contribution < -0.4 is 11.1 Å². The fraction of sp³-hybridized carbons (Fsp3) is 0.200. The number of fused-ring (bicyclic) bond motifs is 1. The molecule has 0 bridgehead atoms. The first kappa shape index (κ1) is 14.6. The van der Waals surface area contributed by atoms with E-state index in [1.807, 2.05) is 0 Å². The van der Waals surface area contributed by atoms with Gasteiger partial charge in [-0.25, -0.2) is 0 Å². The summed E-state index contributed by atoms with van der Waals surface area (Å²) in [6.07, 6.45) is 1.77. The second-order valence-corrected chi connectivity index (χ2v) is 4.67. The van der Waals surface area contributed by atoms with Gasteiger partial charge in [-0.15, -0.1) is 0 Å². The Morgan fingerprint density at radius 1 is 1.19 bits per heavy atom. The molecule has 6 nitrogen and oxygen atoms in total. The molecule has 2 rings (SSSR count). The number of nitrogens with one attached hydrogen (secondary N) is 1. The van der Waals surface area contributed by atoms with Gasteiger partial charge in [-0.3, -0.25) is 14.6 Å². The van der Waals surface area contributed by atoms with Crippen LogP contribution in [0.3, 0.4) is 0 Å². The van der Waals surface area contributed by atoms with E-state index in [2.05, 4.69) is 10.3 Å². The van der Waals surface area contributed by atoms with Crippen molar-refractivity contribution in [3.05, 3.63) is 36.0 Å². The smallest absolute Gasteiger partial charge is 0.249 e. The molecule has 0 aliphatic heterocycles. The van der Waals surface area contributed by atoms with Crippen molar-refractivity contribution in [1.29, 1.82) is 0 Å². The van der Waals surface area contributed by atoms with Crippen molar-refractivity contribution in [2.75, 3.05) is 5.32 Å². The molecule has 21 heavy (non-hydrogen) atoms. The molecule has 3 N–H and O–H groups in total. The molecule has 0 fully saturated rings. The minimum Gasteiger partial charge on any atom is -0.366 e. The zero-order valence-electron chi connectivity index (χ0n) is 11.6. The van der Waals surface area contributed by atoms with Crippen molar-refractivity contribution >= 4 is 34.2 Å². The summed E-state index contributed by atoms with van der Waals surface area (Å²) in [7, 11) is 0. The number of amides is 2. The van der Waals surface area contributed by atoms with Crippen LogP contribution in [0.2, 0.25) is 0 Å². The minimum atomic E-state index is -0.553. The monoisotopic (exact) mass is 285 g/mol. The SMILES string of the molecule is CC(=O)CCC(=O)Nc1cccc2c(C(N)=O)ccnc12. The van der Waals surface area contributed by atoms with Gasteiger partial charge in [0, 0.05) is 24.4 Å². The fourth-order valence-corrected chi connectivity index (χ4v) is 1.99. The van der Waals surface area contributed by atoms with E-state index < -0.39 is 5.91 Å². The summed E-state index contributed by atoms with van der Waals surface area (Å²) in [6, 6.07) is 6.64. The van der Waals surface area contributed by atoms with Crippen molar-refractivity contribution in [3.63, 3.8) is 0 Å². The van der Waals surface area contributed by atoms with Crippen molar-refractivity contribution in [3.8, 4) is 0 Å². The molecular formula is C15H15N3O3. The Kier molecular flexibility index (Phi) is 4.27. The average molecular weight is 285 g/mol. The lowest BCUT2D eigenvalue weighted by molar-refractivity contribution is -0.121. The molecule has 2 aromatic rings. The van der Waals surface area contributed by atoms with Gasteiger partial charge in [-0.1, -0.05) is 12.1 Å². The summed E-state index contributed by atoms with van der Waals surface area (Å²) in [5.74, 6) is -0.872. The van der Waals surface area contributed by atoms with Gasteiger partial charge in [0.1, 0.15) is 5.78 Å². The number of carbonyl (C=O) groups is 3. The van der Waals surface area contributed by atoms with Gasteiger partial charge < -0.3 is 15.8 Å². The van der Waals surface area contributed by atoms with Crippen molar-refractivity contribution in [1.82, 2.24) is 4.98 Å². The zero-order chi connectivity index (χ0) is 15.4. The number of benzene rings is 1. The number of para-hydroxylation sites is 1. The van der Waals surface area contributed by atoms with E-state index >= 15 is 0 Å². The zero-order valence-corrected chi connectivity index (χ0v) is 11.6. The van der Waals surface area contributed by atoms with Gasteiger partial charge in [-0.05, 0) is 19.1 Å². The van der Waals surface area contributed by atoms with Gasteiger partial charge in [0.25, 0.3) is 0 Å². The van der Waals surface area contributed by atoms with E-state index in [4.69, 9.17) is 5.73 Å². The fourth-order valence-electron chi connectivity index (χ4n) is 1.99. The van der Waals surface area contributed by atoms with E-state index in [9.17, 15) is 14.4 Å². The summed E-state index contributed by atoms with van der Waals surface area (Å²) in [4.78, 5) is 38.3. The number of ketones is 1. The molecule has 0 atom stereocenters. The molecule has 0 saturated carbocycles. The first-order valence-electron chi connectivity index (χ1n) is 6.46. The average Bonchev–Trinajstić information content (AvgIpc) is 2.44. The lowest BCUT2D eigenvalue weighted by Crippen LogP contribution is -2.14. The van der Waals surface area contributed by atoms with E-state index in [0.29, 0.717) is 22.2 Å². The third-order valence-electron chi connectivity index (χ3n) is 3.01. The number of nitrogens with zero attached hydrogens (tertiary/aromatic N) is 1. The minimum absolute atomic E-state index is 0.0443. The molecule has 0 saturated heterocycles.